The third-order valence-corrected chi connectivity index (χ3v) is 8.87. The number of hydrogen-bond donors (Lipinski definition) is 0. The lowest BCUT2D eigenvalue weighted by molar-refractivity contribution is 0.0587. The zero-order chi connectivity index (χ0) is 28.8. The summed E-state index contributed by atoms with van der Waals surface area (Å²) < 4.78 is 19.0. The number of benzene rings is 3. The SMILES string of the molecule is CCCCCCCCOc1cc(Br)c(OCCN2C(=O)c3cccc4c(N5CCOCC5)ccc(c34)C2=O)cc1Br. The molecular formula is C32H36Br2N2O5. The Morgan fingerprint density at radius 2 is 1.44 bits per heavy atom. The Balaban J connectivity index is 1.21. The lowest BCUT2D eigenvalue weighted by atomic mass is 9.92. The molecule has 2 heterocycles. The summed E-state index contributed by atoms with van der Waals surface area (Å²) in [6, 6.07) is 13.2. The molecule has 9 heteroatoms. The number of anilines is 1. The third-order valence-electron chi connectivity index (χ3n) is 7.63. The first-order valence-corrected chi connectivity index (χ1v) is 16.1. The molecule has 2 aliphatic heterocycles. The Bertz CT molecular complexity index is 1380. The second-order valence-electron chi connectivity index (χ2n) is 10.4. The lowest BCUT2D eigenvalue weighted by Crippen LogP contribution is -2.43. The van der Waals surface area contributed by atoms with Gasteiger partial charge in [0.25, 0.3) is 11.8 Å². The van der Waals surface area contributed by atoms with E-state index in [4.69, 9.17) is 14.2 Å². The number of imide groups is 1. The fraction of sp³-hybridized carbons (Fsp3) is 0.438. The van der Waals surface area contributed by atoms with Crippen LogP contribution in [0, 0.1) is 0 Å². The highest BCUT2D eigenvalue weighted by Crippen LogP contribution is 2.38. The molecule has 3 aromatic rings. The molecule has 0 saturated carbocycles. The van der Waals surface area contributed by atoms with E-state index in [-0.39, 0.29) is 25.0 Å². The molecule has 1 saturated heterocycles. The maximum Gasteiger partial charge on any atom is 0.261 e. The maximum atomic E-state index is 13.5. The second-order valence-corrected chi connectivity index (χ2v) is 12.1. The Labute approximate surface area is 258 Å². The van der Waals surface area contributed by atoms with Crippen LogP contribution < -0.4 is 14.4 Å². The van der Waals surface area contributed by atoms with Crippen LogP contribution in [-0.2, 0) is 4.74 Å². The van der Waals surface area contributed by atoms with Gasteiger partial charge in [0, 0.05) is 40.7 Å². The number of carbonyl (C=O) groups excluding carboxylic acids is 2. The molecule has 0 spiro atoms. The molecule has 0 bridgehead atoms. The highest BCUT2D eigenvalue weighted by Gasteiger charge is 2.33. The number of rotatable bonds is 13. The van der Waals surface area contributed by atoms with Crippen LogP contribution in [-0.4, -0.2) is 62.8 Å². The number of carbonyl (C=O) groups is 2. The van der Waals surface area contributed by atoms with Crippen molar-refractivity contribution in [2.75, 3.05) is 51.0 Å². The fourth-order valence-corrected chi connectivity index (χ4v) is 6.33. The van der Waals surface area contributed by atoms with Crippen molar-refractivity contribution >= 4 is 60.1 Å². The van der Waals surface area contributed by atoms with E-state index in [0.29, 0.717) is 36.7 Å². The molecule has 2 aliphatic rings. The van der Waals surface area contributed by atoms with Crippen LogP contribution in [0.4, 0.5) is 5.69 Å². The van der Waals surface area contributed by atoms with Crippen LogP contribution in [0.5, 0.6) is 11.5 Å². The van der Waals surface area contributed by atoms with Gasteiger partial charge >= 0.3 is 0 Å². The highest BCUT2D eigenvalue weighted by atomic mass is 79.9. The summed E-state index contributed by atoms with van der Waals surface area (Å²) in [4.78, 5) is 30.5. The summed E-state index contributed by atoms with van der Waals surface area (Å²) in [6.07, 6.45) is 7.26. The van der Waals surface area contributed by atoms with Gasteiger partial charge < -0.3 is 19.1 Å². The lowest BCUT2D eigenvalue weighted by Gasteiger charge is -2.32. The molecule has 0 aliphatic carbocycles. The fourth-order valence-electron chi connectivity index (χ4n) is 5.46. The summed E-state index contributed by atoms with van der Waals surface area (Å²) in [5.41, 5.74) is 2.12. The van der Waals surface area contributed by atoms with E-state index in [0.717, 1.165) is 50.7 Å². The summed E-state index contributed by atoms with van der Waals surface area (Å²) in [6.45, 7) is 6.07. The van der Waals surface area contributed by atoms with Gasteiger partial charge in [-0.3, -0.25) is 14.5 Å². The Kier molecular flexibility index (Phi) is 10.2. The molecule has 1 fully saturated rings. The average molecular weight is 688 g/mol. The molecule has 41 heavy (non-hydrogen) atoms. The van der Waals surface area contributed by atoms with Crippen LogP contribution in [0.25, 0.3) is 10.8 Å². The molecule has 0 aromatic heterocycles. The predicted molar refractivity (Wildman–Crippen MR) is 169 cm³/mol. The quantitative estimate of drug-likeness (QED) is 0.136. The van der Waals surface area contributed by atoms with Gasteiger partial charge in [-0.05, 0) is 68.6 Å². The Morgan fingerprint density at radius 3 is 2.15 bits per heavy atom. The Hall–Kier alpha value is -2.62. The molecule has 0 unspecified atom stereocenters. The van der Waals surface area contributed by atoms with Crippen LogP contribution in [0.1, 0.15) is 66.2 Å². The summed E-state index contributed by atoms with van der Waals surface area (Å²) in [5.74, 6) is 0.766. The van der Waals surface area contributed by atoms with Crippen molar-refractivity contribution in [2.45, 2.75) is 45.4 Å². The van der Waals surface area contributed by atoms with Gasteiger partial charge in [-0.15, -0.1) is 0 Å². The van der Waals surface area contributed by atoms with Crippen molar-refractivity contribution in [1.82, 2.24) is 4.90 Å². The molecular weight excluding hydrogens is 652 g/mol. The number of amides is 2. The van der Waals surface area contributed by atoms with Crippen LogP contribution >= 0.6 is 31.9 Å². The van der Waals surface area contributed by atoms with Crippen LogP contribution in [0.3, 0.4) is 0 Å². The molecule has 218 valence electrons. The largest absolute Gasteiger partial charge is 0.492 e. The van der Waals surface area contributed by atoms with E-state index >= 15 is 0 Å². The van der Waals surface area contributed by atoms with E-state index < -0.39 is 0 Å². The number of ether oxygens (including phenoxy) is 3. The highest BCUT2D eigenvalue weighted by molar-refractivity contribution is 9.11. The van der Waals surface area contributed by atoms with E-state index in [9.17, 15) is 9.59 Å². The van der Waals surface area contributed by atoms with Crippen molar-refractivity contribution < 1.29 is 23.8 Å². The van der Waals surface area contributed by atoms with Gasteiger partial charge in [-0.2, -0.15) is 0 Å². The first-order chi connectivity index (χ1) is 20.0. The minimum Gasteiger partial charge on any atom is -0.492 e. The molecule has 5 rings (SSSR count). The van der Waals surface area contributed by atoms with Gasteiger partial charge in [0.05, 0.1) is 35.3 Å². The number of hydrogen-bond acceptors (Lipinski definition) is 6. The number of unbranched alkanes of at least 4 members (excludes halogenated alkanes) is 5. The van der Waals surface area contributed by atoms with E-state index in [1.807, 2.05) is 36.4 Å². The number of nitrogens with zero attached hydrogens (tertiary/aromatic N) is 2. The van der Waals surface area contributed by atoms with Crippen molar-refractivity contribution in [3.05, 3.63) is 62.5 Å². The Morgan fingerprint density at radius 1 is 0.805 bits per heavy atom. The molecule has 3 aromatic carbocycles. The first kappa shape index (κ1) is 29.9. The zero-order valence-corrected chi connectivity index (χ0v) is 26.6. The molecule has 7 nitrogen and oxygen atoms in total. The topological polar surface area (TPSA) is 68.3 Å². The van der Waals surface area contributed by atoms with Crippen molar-refractivity contribution in [2.24, 2.45) is 0 Å². The number of halogens is 2. The summed E-state index contributed by atoms with van der Waals surface area (Å²) in [7, 11) is 0. The van der Waals surface area contributed by atoms with Gasteiger partial charge in [0.1, 0.15) is 18.1 Å². The van der Waals surface area contributed by atoms with E-state index in [2.05, 4.69) is 43.7 Å². The molecule has 0 N–H and O–H groups in total. The molecule has 2 amide bonds. The summed E-state index contributed by atoms with van der Waals surface area (Å²) in [5, 5.41) is 1.65. The van der Waals surface area contributed by atoms with E-state index in [1.54, 1.807) is 6.07 Å². The third kappa shape index (κ3) is 6.73. The summed E-state index contributed by atoms with van der Waals surface area (Å²) >= 11 is 7.16. The monoisotopic (exact) mass is 686 g/mol. The smallest absolute Gasteiger partial charge is 0.261 e. The van der Waals surface area contributed by atoms with Gasteiger partial charge in [0.15, 0.2) is 0 Å². The first-order valence-electron chi connectivity index (χ1n) is 14.5. The number of morpholine rings is 1. The average Bonchev–Trinajstić information content (AvgIpc) is 2.99. The maximum absolute atomic E-state index is 13.5. The standard InChI is InChI=1S/C32H36Br2N2O5/c1-2-3-4-5-6-7-16-40-28-20-26(34)29(21-25(28)33)41-19-15-36-31(37)23-10-8-9-22-27(35-13-17-39-18-14-35)12-11-24(30(22)23)32(36)38/h8-12,20-21H,2-7,13-19H2,1H3. The second kappa shape index (κ2) is 14.0. The van der Waals surface area contributed by atoms with Crippen LogP contribution in [0.2, 0.25) is 0 Å². The predicted octanol–water partition coefficient (Wildman–Crippen LogP) is 7.62. The van der Waals surface area contributed by atoms with Crippen molar-refractivity contribution in [3.8, 4) is 11.5 Å². The normalized spacial score (nSPS) is 15.1. The van der Waals surface area contributed by atoms with Crippen LogP contribution in [0.15, 0.2) is 51.4 Å². The minimum atomic E-state index is -0.297. The zero-order valence-electron chi connectivity index (χ0n) is 23.4. The van der Waals surface area contributed by atoms with Crippen molar-refractivity contribution in [1.29, 1.82) is 0 Å². The molecule has 0 atom stereocenters. The van der Waals surface area contributed by atoms with Gasteiger partial charge in [0.2, 0.25) is 0 Å². The van der Waals surface area contributed by atoms with Gasteiger partial charge in [-0.25, -0.2) is 0 Å². The minimum absolute atomic E-state index is 0.138. The molecule has 0 radical (unpaired) electrons. The van der Waals surface area contributed by atoms with Crippen molar-refractivity contribution in [3.63, 3.8) is 0 Å². The van der Waals surface area contributed by atoms with E-state index in [1.165, 1.54) is 37.0 Å². The van der Waals surface area contributed by atoms with Gasteiger partial charge in [-0.1, -0.05) is 51.2 Å².